The summed E-state index contributed by atoms with van der Waals surface area (Å²) in [5, 5.41) is 0. The van der Waals surface area contributed by atoms with Crippen LogP contribution in [-0.2, 0) is 37.4 Å². The Morgan fingerprint density at radius 2 is 1.08 bits per heavy atom. The second-order valence-corrected chi connectivity index (χ2v) is 19.3. The molecule has 1 saturated heterocycles. The van der Waals surface area contributed by atoms with Gasteiger partial charge >= 0.3 is 11.9 Å². The van der Waals surface area contributed by atoms with Crippen molar-refractivity contribution in [1.82, 2.24) is 0 Å². The maximum atomic E-state index is 12.7. The Morgan fingerprint density at radius 1 is 0.610 bits per heavy atom. The van der Waals surface area contributed by atoms with E-state index in [1.54, 1.807) is 0 Å². The number of carbonyl (C=O) groups is 2. The van der Waals surface area contributed by atoms with Crippen LogP contribution in [0, 0.1) is 0 Å². The fourth-order valence-electron chi connectivity index (χ4n) is 6.95. The van der Waals surface area contributed by atoms with Crippen LogP contribution in [0.1, 0.15) is 206 Å². The normalized spacial score (nSPS) is 17.1. The van der Waals surface area contributed by atoms with Gasteiger partial charge in [0.1, 0.15) is 19.8 Å². The Labute approximate surface area is 362 Å². The van der Waals surface area contributed by atoms with Crippen LogP contribution in [0.25, 0.3) is 0 Å². The van der Waals surface area contributed by atoms with Crippen molar-refractivity contribution in [2.24, 2.45) is 0 Å². The van der Waals surface area contributed by atoms with Crippen molar-refractivity contribution in [3.8, 4) is 0 Å². The molecule has 10 nitrogen and oxygen atoms in total. The molecule has 1 fully saturated rings. The van der Waals surface area contributed by atoms with E-state index in [0.29, 0.717) is 36.1 Å². The zero-order chi connectivity index (χ0) is 43.3. The average molecular weight is 856 g/mol. The van der Waals surface area contributed by atoms with Crippen LogP contribution in [0.15, 0.2) is 24.3 Å². The molecule has 1 aliphatic rings. The van der Waals surface area contributed by atoms with Crippen molar-refractivity contribution in [3.05, 3.63) is 24.3 Å². The van der Waals surface area contributed by atoms with E-state index < -0.39 is 32.5 Å². The molecule has 3 unspecified atom stereocenters. The number of epoxide rings is 1. The number of carbonyl (C=O) groups excluding carboxylic acids is 2. The molecular weight excluding hydrogens is 766 g/mol. The molecule has 59 heavy (non-hydrogen) atoms. The van der Waals surface area contributed by atoms with Gasteiger partial charge < -0.3 is 32.6 Å². The Kier molecular flexibility index (Phi) is 34.8. The van der Waals surface area contributed by atoms with E-state index in [1.165, 1.54) is 109 Å². The van der Waals surface area contributed by atoms with E-state index in [1.807, 2.05) is 21.1 Å². The number of nitrogens with zero attached hydrogens (tertiary/aromatic N) is 1. The predicted molar refractivity (Wildman–Crippen MR) is 240 cm³/mol. The van der Waals surface area contributed by atoms with Crippen molar-refractivity contribution in [3.63, 3.8) is 0 Å². The number of allylic oxidation sites excluding steroid dienone is 3. The van der Waals surface area contributed by atoms with Crippen molar-refractivity contribution in [1.29, 1.82) is 0 Å². The highest BCUT2D eigenvalue weighted by Crippen LogP contribution is 2.38. The average Bonchev–Trinajstić information content (AvgIpc) is 3.94. The predicted octanol–water partition coefficient (Wildman–Crippen LogP) is 12.3. The minimum atomic E-state index is -4.63. The number of esters is 2. The third-order valence-electron chi connectivity index (χ3n) is 10.9. The van der Waals surface area contributed by atoms with Gasteiger partial charge in [-0.05, 0) is 64.2 Å². The Hall–Kier alpha value is -1.55. The molecule has 0 amide bonds. The van der Waals surface area contributed by atoms with Gasteiger partial charge in [0.2, 0.25) is 0 Å². The maximum Gasteiger partial charge on any atom is 0.306 e. The maximum absolute atomic E-state index is 12.7. The molecule has 0 aromatic heterocycles. The molecule has 4 atom stereocenters. The molecular formula is C48H90NO9P. The molecule has 0 aromatic rings. The van der Waals surface area contributed by atoms with Gasteiger partial charge in [-0.3, -0.25) is 14.2 Å². The van der Waals surface area contributed by atoms with Crippen LogP contribution in [0.3, 0.4) is 0 Å². The van der Waals surface area contributed by atoms with E-state index in [2.05, 4.69) is 38.2 Å². The van der Waals surface area contributed by atoms with Crippen molar-refractivity contribution in [2.75, 3.05) is 47.5 Å². The number of likely N-dealkylation sites (N-methyl/N-ethyl adjacent to an activating group) is 1. The van der Waals surface area contributed by atoms with E-state index in [4.69, 9.17) is 23.3 Å². The van der Waals surface area contributed by atoms with Gasteiger partial charge in [-0.2, -0.15) is 0 Å². The van der Waals surface area contributed by atoms with Crippen LogP contribution in [0.4, 0.5) is 0 Å². The van der Waals surface area contributed by atoms with E-state index in [-0.39, 0.29) is 26.1 Å². The number of phosphoric acid groups is 1. The fourth-order valence-corrected chi connectivity index (χ4v) is 7.68. The summed E-state index contributed by atoms with van der Waals surface area (Å²) in [5.74, 6) is -0.853. The number of quaternary nitrogens is 1. The summed E-state index contributed by atoms with van der Waals surface area (Å²) in [5.41, 5.74) is 0. The molecule has 0 aromatic carbocycles. The van der Waals surface area contributed by atoms with Gasteiger partial charge in [0.05, 0.1) is 40.0 Å². The van der Waals surface area contributed by atoms with E-state index in [0.717, 1.165) is 57.8 Å². The Morgan fingerprint density at radius 3 is 1.63 bits per heavy atom. The van der Waals surface area contributed by atoms with Crippen molar-refractivity contribution >= 4 is 19.8 Å². The van der Waals surface area contributed by atoms with Crippen molar-refractivity contribution in [2.45, 2.75) is 225 Å². The summed E-state index contributed by atoms with van der Waals surface area (Å²) in [4.78, 5) is 37.6. The monoisotopic (exact) mass is 856 g/mol. The topological polar surface area (TPSA) is 124 Å². The molecule has 0 N–H and O–H groups in total. The Bertz CT molecular complexity index is 1120. The highest BCUT2D eigenvalue weighted by atomic mass is 31.2. The van der Waals surface area contributed by atoms with Crippen molar-refractivity contribution < 1.29 is 46.8 Å². The van der Waals surface area contributed by atoms with Gasteiger partial charge in [0, 0.05) is 12.8 Å². The number of hydrogen-bond acceptors (Lipinski definition) is 9. The minimum absolute atomic E-state index is 0.0348. The first-order chi connectivity index (χ1) is 28.5. The number of rotatable bonds is 43. The van der Waals surface area contributed by atoms with Crippen LogP contribution in [0.2, 0.25) is 0 Å². The lowest BCUT2D eigenvalue weighted by Gasteiger charge is -2.28. The first-order valence-corrected chi connectivity index (χ1v) is 25.6. The molecule has 0 radical (unpaired) electrons. The molecule has 0 saturated carbocycles. The number of ether oxygens (including phenoxy) is 3. The lowest BCUT2D eigenvalue weighted by Crippen LogP contribution is -2.37. The molecule has 0 bridgehead atoms. The lowest BCUT2D eigenvalue weighted by atomic mass is 10.1. The zero-order valence-electron chi connectivity index (χ0n) is 38.7. The summed E-state index contributed by atoms with van der Waals surface area (Å²) < 4.78 is 39.7. The van der Waals surface area contributed by atoms with E-state index >= 15 is 0 Å². The molecule has 1 aliphatic heterocycles. The second kappa shape index (κ2) is 37.0. The SMILES string of the molecule is CCCCCCCC/C=C\CCCCCCCCCCCC(=O)O[C@H](COC(=O)CCCCCCC/C=C\CC1OC1CCCCC)COP(=O)([O-])OCC[N+](C)(C)C. The van der Waals surface area contributed by atoms with Crippen LogP contribution >= 0.6 is 7.82 Å². The van der Waals surface area contributed by atoms with Gasteiger partial charge in [0.15, 0.2) is 6.10 Å². The standard InChI is InChI=1S/C48H90NO9P/c1-6-8-10-11-12-13-14-15-16-17-18-19-20-21-22-23-28-31-35-39-48(51)57-44(43-56-59(52,53)55-41-40-49(3,4)5)42-54-47(50)38-34-30-27-25-24-26-29-33-37-46-45(58-46)36-32-9-7-2/h15-16,29,33,44-46H,6-14,17-28,30-32,34-43H2,1-5H3/b16-15-,33-29-/t44-,45?,46?/m1/s1. The Balaban J connectivity index is 2.23. The summed E-state index contributed by atoms with van der Waals surface area (Å²) in [7, 11) is 1.15. The molecule has 0 aliphatic carbocycles. The summed E-state index contributed by atoms with van der Waals surface area (Å²) in [6.07, 6.45) is 42.3. The zero-order valence-corrected chi connectivity index (χ0v) is 39.5. The van der Waals surface area contributed by atoms with Gasteiger partial charge in [-0.15, -0.1) is 0 Å². The third-order valence-corrected chi connectivity index (χ3v) is 11.8. The highest BCUT2D eigenvalue weighted by Gasteiger charge is 2.36. The van der Waals surface area contributed by atoms with Crippen LogP contribution in [0.5, 0.6) is 0 Å². The second-order valence-electron chi connectivity index (χ2n) is 17.9. The number of phosphoric ester groups is 1. The summed E-state index contributed by atoms with van der Waals surface area (Å²) >= 11 is 0. The molecule has 11 heteroatoms. The van der Waals surface area contributed by atoms with E-state index in [9.17, 15) is 19.0 Å². The number of hydrogen-bond donors (Lipinski definition) is 0. The fraction of sp³-hybridized carbons (Fsp3) is 0.875. The largest absolute Gasteiger partial charge is 0.756 e. The summed E-state index contributed by atoms with van der Waals surface area (Å²) in [6, 6.07) is 0. The highest BCUT2D eigenvalue weighted by molar-refractivity contribution is 7.45. The molecule has 1 rings (SSSR count). The number of unbranched alkanes of at least 4 members (excludes halogenated alkanes) is 22. The third kappa shape index (κ3) is 37.9. The smallest absolute Gasteiger partial charge is 0.306 e. The molecule has 1 heterocycles. The molecule has 0 spiro atoms. The first-order valence-electron chi connectivity index (χ1n) is 24.2. The van der Waals surface area contributed by atoms with Gasteiger partial charge in [-0.1, -0.05) is 154 Å². The van der Waals surface area contributed by atoms with Crippen LogP contribution in [-0.4, -0.2) is 82.2 Å². The quantitative estimate of drug-likeness (QED) is 0.0147. The molecule has 346 valence electrons. The first kappa shape index (κ1) is 55.5. The lowest BCUT2D eigenvalue weighted by molar-refractivity contribution is -0.870. The minimum Gasteiger partial charge on any atom is -0.756 e. The van der Waals surface area contributed by atoms with Crippen LogP contribution < -0.4 is 4.89 Å². The van der Waals surface area contributed by atoms with Gasteiger partial charge in [-0.25, -0.2) is 0 Å². The van der Waals surface area contributed by atoms with Gasteiger partial charge in [0.25, 0.3) is 7.82 Å². The summed E-state index contributed by atoms with van der Waals surface area (Å²) in [6.45, 7) is 4.19.